The summed E-state index contributed by atoms with van der Waals surface area (Å²) in [6, 6.07) is 6.85. The molecule has 0 aliphatic carbocycles. The van der Waals surface area contributed by atoms with Crippen LogP contribution in [0, 0.1) is 26.2 Å². The summed E-state index contributed by atoms with van der Waals surface area (Å²) in [5, 5.41) is 10.1. The van der Waals surface area contributed by atoms with Gasteiger partial charge in [0.2, 0.25) is 0 Å². The highest BCUT2D eigenvalue weighted by atomic mass is 16.5. The molecule has 0 aliphatic heterocycles. The Hall–Kier alpha value is -1.34. The van der Waals surface area contributed by atoms with Gasteiger partial charge in [0.25, 0.3) is 0 Å². The van der Waals surface area contributed by atoms with Gasteiger partial charge in [0.05, 0.1) is 12.7 Å². The first-order valence-electron chi connectivity index (χ1n) is 7.43. The molecule has 1 atom stereocenters. The molecule has 1 N–H and O–H groups in total. The topological polar surface area (TPSA) is 32.7 Å². The molecule has 1 rings (SSSR count). The predicted molar refractivity (Wildman–Crippen MR) is 87.1 cm³/mol. The van der Waals surface area contributed by atoms with Crippen LogP contribution in [0.4, 0.5) is 0 Å². The Labute approximate surface area is 128 Å². The van der Waals surface area contributed by atoms with Gasteiger partial charge in [0.1, 0.15) is 6.61 Å². The van der Waals surface area contributed by atoms with E-state index in [1.807, 2.05) is 0 Å². The molecule has 0 unspecified atom stereocenters. The third-order valence-electron chi connectivity index (χ3n) is 3.54. The maximum atomic E-state index is 10.1. The van der Waals surface area contributed by atoms with Crippen LogP contribution in [0.5, 0.6) is 0 Å². The zero-order valence-corrected chi connectivity index (χ0v) is 13.6. The van der Waals surface area contributed by atoms with E-state index in [0.717, 1.165) is 6.54 Å². The standard InChI is InChI=1S/C18H27NO2/c1-6-9-21-13-18(20)12-19(14(2)3)11-17-8-7-15(4)10-16(17)5/h1,7-8,10,14,18,20H,9,11-13H2,2-5H3/t18-/m0/s1. The fourth-order valence-corrected chi connectivity index (χ4v) is 2.28. The number of aryl methyl sites for hydroxylation is 2. The van der Waals surface area contributed by atoms with Crippen LogP contribution in [0.15, 0.2) is 18.2 Å². The average molecular weight is 289 g/mol. The molecule has 1 aromatic carbocycles. The van der Waals surface area contributed by atoms with Gasteiger partial charge in [-0.05, 0) is 38.8 Å². The fraction of sp³-hybridized carbons (Fsp3) is 0.556. The van der Waals surface area contributed by atoms with Crippen LogP contribution >= 0.6 is 0 Å². The Bertz CT molecular complexity index is 477. The average Bonchev–Trinajstić information content (AvgIpc) is 2.41. The molecule has 0 spiro atoms. The Kier molecular flexibility index (Phi) is 7.45. The van der Waals surface area contributed by atoms with Gasteiger partial charge in [-0.15, -0.1) is 6.42 Å². The van der Waals surface area contributed by atoms with Gasteiger partial charge in [-0.2, -0.15) is 0 Å². The van der Waals surface area contributed by atoms with E-state index in [4.69, 9.17) is 11.2 Å². The summed E-state index contributed by atoms with van der Waals surface area (Å²) in [6.07, 6.45) is 4.61. The molecule has 21 heavy (non-hydrogen) atoms. The molecular formula is C18H27NO2. The van der Waals surface area contributed by atoms with Gasteiger partial charge in [-0.1, -0.05) is 29.7 Å². The number of aliphatic hydroxyl groups is 1. The van der Waals surface area contributed by atoms with E-state index in [2.05, 4.69) is 56.7 Å². The lowest BCUT2D eigenvalue weighted by molar-refractivity contribution is 0.0191. The minimum Gasteiger partial charge on any atom is -0.389 e. The lowest BCUT2D eigenvalue weighted by Gasteiger charge is -2.29. The van der Waals surface area contributed by atoms with E-state index >= 15 is 0 Å². The molecule has 0 aliphatic rings. The van der Waals surface area contributed by atoms with Crippen molar-refractivity contribution in [3.63, 3.8) is 0 Å². The number of hydrogen-bond acceptors (Lipinski definition) is 3. The van der Waals surface area contributed by atoms with E-state index in [1.165, 1.54) is 16.7 Å². The summed E-state index contributed by atoms with van der Waals surface area (Å²) in [6.45, 7) is 10.4. The quantitative estimate of drug-likeness (QED) is 0.589. The normalized spacial score (nSPS) is 12.7. The van der Waals surface area contributed by atoms with E-state index in [0.29, 0.717) is 12.6 Å². The third kappa shape index (κ3) is 6.31. The molecule has 3 heteroatoms. The highest BCUT2D eigenvalue weighted by Crippen LogP contribution is 2.15. The van der Waals surface area contributed by atoms with Gasteiger partial charge < -0.3 is 9.84 Å². The Morgan fingerprint density at radius 3 is 2.62 bits per heavy atom. The molecule has 0 bridgehead atoms. The van der Waals surface area contributed by atoms with Crippen molar-refractivity contribution in [1.82, 2.24) is 4.90 Å². The van der Waals surface area contributed by atoms with Gasteiger partial charge in [-0.3, -0.25) is 4.90 Å². The van der Waals surface area contributed by atoms with Crippen molar-refractivity contribution >= 4 is 0 Å². The maximum Gasteiger partial charge on any atom is 0.107 e. The number of aliphatic hydroxyl groups excluding tert-OH is 1. The molecule has 3 nitrogen and oxygen atoms in total. The summed E-state index contributed by atoms with van der Waals surface area (Å²) in [7, 11) is 0. The number of ether oxygens (including phenoxy) is 1. The zero-order valence-electron chi connectivity index (χ0n) is 13.6. The smallest absolute Gasteiger partial charge is 0.107 e. The van der Waals surface area contributed by atoms with E-state index < -0.39 is 6.10 Å². The number of rotatable bonds is 8. The maximum absolute atomic E-state index is 10.1. The van der Waals surface area contributed by atoms with Crippen molar-refractivity contribution in [2.45, 2.75) is 46.4 Å². The fourth-order valence-electron chi connectivity index (χ4n) is 2.28. The summed E-state index contributed by atoms with van der Waals surface area (Å²) in [4.78, 5) is 2.25. The number of benzene rings is 1. The Morgan fingerprint density at radius 2 is 2.05 bits per heavy atom. The molecule has 116 valence electrons. The first kappa shape index (κ1) is 17.7. The minimum absolute atomic E-state index is 0.246. The van der Waals surface area contributed by atoms with Gasteiger partial charge in [0.15, 0.2) is 0 Å². The van der Waals surface area contributed by atoms with Crippen molar-refractivity contribution in [3.8, 4) is 12.3 Å². The number of hydrogen-bond donors (Lipinski definition) is 1. The van der Waals surface area contributed by atoms with Crippen molar-refractivity contribution in [1.29, 1.82) is 0 Å². The Morgan fingerprint density at radius 1 is 1.33 bits per heavy atom. The van der Waals surface area contributed by atoms with Crippen LogP contribution in [-0.4, -0.2) is 41.9 Å². The lowest BCUT2D eigenvalue weighted by Crippen LogP contribution is -2.39. The number of terminal acetylenes is 1. The van der Waals surface area contributed by atoms with Crippen LogP contribution in [0.3, 0.4) is 0 Å². The highest BCUT2D eigenvalue weighted by molar-refractivity contribution is 5.30. The summed E-state index contributed by atoms with van der Waals surface area (Å²) >= 11 is 0. The minimum atomic E-state index is -0.522. The van der Waals surface area contributed by atoms with Gasteiger partial charge >= 0.3 is 0 Å². The molecule has 0 saturated carbocycles. The van der Waals surface area contributed by atoms with Crippen molar-refractivity contribution in [3.05, 3.63) is 34.9 Å². The second kappa shape index (κ2) is 8.84. The van der Waals surface area contributed by atoms with Gasteiger partial charge in [-0.25, -0.2) is 0 Å². The van der Waals surface area contributed by atoms with Crippen molar-refractivity contribution in [2.24, 2.45) is 0 Å². The monoisotopic (exact) mass is 289 g/mol. The summed E-state index contributed by atoms with van der Waals surface area (Å²) in [5.41, 5.74) is 3.86. The van der Waals surface area contributed by atoms with Crippen LogP contribution in [0.25, 0.3) is 0 Å². The second-order valence-electron chi connectivity index (χ2n) is 5.83. The third-order valence-corrected chi connectivity index (χ3v) is 3.54. The molecule has 1 aromatic rings. The highest BCUT2D eigenvalue weighted by Gasteiger charge is 2.16. The zero-order chi connectivity index (χ0) is 15.8. The summed E-state index contributed by atoms with van der Waals surface area (Å²) in [5.74, 6) is 2.40. The summed E-state index contributed by atoms with van der Waals surface area (Å²) < 4.78 is 5.20. The van der Waals surface area contributed by atoms with Crippen LogP contribution < -0.4 is 0 Å². The molecule has 0 heterocycles. The predicted octanol–water partition coefficient (Wildman–Crippen LogP) is 2.52. The first-order valence-corrected chi connectivity index (χ1v) is 7.43. The largest absolute Gasteiger partial charge is 0.389 e. The molecule has 0 saturated heterocycles. The first-order chi connectivity index (χ1) is 9.93. The van der Waals surface area contributed by atoms with Crippen molar-refractivity contribution in [2.75, 3.05) is 19.8 Å². The van der Waals surface area contributed by atoms with E-state index in [1.54, 1.807) is 0 Å². The van der Waals surface area contributed by atoms with Crippen LogP contribution in [0.1, 0.15) is 30.5 Å². The van der Waals surface area contributed by atoms with Crippen LogP contribution in [-0.2, 0) is 11.3 Å². The second-order valence-corrected chi connectivity index (χ2v) is 5.83. The van der Waals surface area contributed by atoms with E-state index in [-0.39, 0.29) is 13.2 Å². The lowest BCUT2D eigenvalue weighted by atomic mass is 10.0. The molecule has 0 fully saturated rings. The number of nitrogens with zero attached hydrogens (tertiary/aromatic N) is 1. The van der Waals surface area contributed by atoms with Gasteiger partial charge in [0, 0.05) is 19.1 Å². The SMILES string of the molecule is C#CCOC[C@@H](O)CN(Cc1ccc(C)cc1C)C(C)C. The van der Waals surface area contributed by atoms with E-state index in [9.17, 15) is 5.11 Å². The molecule has 0 amide bonds. The molecule has 0 aromatic heterocycles. The Balaban J connectivity index is 2.63. The molecular weight excluding hydrogens is 262 g/mol. The van der Waals surface area contributed by atoms with Crippen LogP contribution in [0.2, 0.25) is 0 Å². The van der Waals surface area contributed by atoms with Crippen molar-refractivity contribution < 1.29 is 9.84 Å². The molecule has 0 radical (unpaired) electrons.